The van der Waals surface area contributed by atoms with Gasteiger partial charge in [-0.15, -0.1) is 0 Å². The zero-order chi connectivity index (χ0) is 40.4. The van der Waals surface area contributed by atoms with Crippen molar-refractivity contribution in [3.8, 4) is 50.2 Å². The Morgan fingerprint density at radius 3 is 1.32 bits per heavy atom. The van der Waals surface area contributed by atoms with E-state index in [4.69, 9.17) is 5.41 Å². The Morgan fingerprint density at radius 2 is 0.833 bits per heavy atom. The maximum atomic E-state index is 8.52. The topological polar surface area (TPSA) is 44.1 Å². The predicted molar refractivity (Wildman–Crippen MR) is 253 cm³/mol. The minimum Gasteiger partial charge on any atom is -0.373 e. The lowest BCUT2D eigenvalue weighted by Crippen LogP contribution is -2.17. The van der Waals surface area contributed by atoms with Crippen molar-refractivity contribution in [1.82, 2.24) is 9.88 Å². The second-order valence-electron chi connectivity index (χ2n) is 15.1. The Labute approximate surface area is 350 Å². The van der Waals surface area contributed by atoms with Crippen LogP contribution in [-0.2, 0) is 0 Å². The zero-order valence-corrected chi connectivity index (χ0v) is 33.3. The molecule has 0 amide bonds. The van der Waals surface area contributed by atoms with Gasteiger partial charge in [0.05, 0.1) is 11.0 Å². The Balaban J connectivity index is 1.26. The summed E-state index contributed by atoms with van der Waals surface area (Å²) >= 11 is 0. The monoisotopic (exact) mass is 770 g/mol. The molecule has 2 N–H and O–H groups in total. The van der Waals surface area contributed by atoms with E-state index in [1.807, 2.05) is 12.1 Å². The molecule has 0 aliphatic heterocycles. The third-order valence-electron chi connectivity index (χ3n) is 11.3. The lowest BCUT2D eigenvalue weighted by atomic mass is 9.95. The minimum absolute atomic E-state index is 0.385. The van der Waals surface area contributed by atoms with Gasteiger partial charge < -0.3 is 14.8 Å². The fraction of sp³-hybridized carbons (Fsp3) is 0.0179. The van der Waals surface area contributed by atoms with E-state index < -0.39 is 0 Å². The second-order valence-corrected chi connectivity index (χ2v) is 15.1. The lowest BCUT2D eigenvalue weighted by molar-refractivity contribution is 1.13. The average Bonchev–Trinajstić information content (AvgIpc) is 3.66. The number of hydrogen-bond donors (Lipinski definition) is 2. The maximum Gasteiger partial charge on any atom is 0.125 e. The van der Waals surface area contributed by atoms with Crippen LogP contribution in [0.5, 0.6) is 0 Å². The molecule has 1 heterocycles. The Bertz CT molecular complexity index is 2890. The van der Waals surface area contributed by atoms with Crippen LogP contribution in [0.3, 0.4) is 0 Å². The molecule has 10 aromatic rings. The fourth-order valence-electron chi connectivity index (χ4n) is 8.44. The van der Waals surface area contributed by atoms with E-state index in [-0.39, 0.29) is 0 Å². The quantitative estimate of drug-likeness (QED) is 0.113. The number of amidine groups is 1. The summed E-state index contributed by atoms with van der Waals surface area (Å²) in [6.07, 6.45) is 0. The summed E-state index contributed by atoms with van der Waals surface area (Å²) in [6, 6.07) is 80.3. The van der Waals surface area contributed by atoms with Crippen LogP contribution >= 0.6 is 0 Å². The normalized spacial score (nSPS) is 11.2. The van der Waals surface area contributed by atoms with Gasteiger partial charge in [0.1, 0.15) is 5.84 Å². The zero-order valence-electron chi connectivity index (χ0n) is 33.3. The Morgan fingerprint density at radius 1 is 0.383 bits per heavy atom. The summed E-state index contributed by atoms with van der Waals surface area (Å²) in [5.41, 5.74) is 16.4. The number of rotatable bonds is 9. The van der Waals surface area contributed by atoms with Crippen LogP contribution in [-0.4, -0.2) is 17.5 Å². The van der Waals surface area contributed by atoms with Gasteiger partial charge in [-0.3, -0.25) is 5.41 Å². The first-order chi connectivity index (χ1) is 29.6. The Hall–Kier alpha value is -7.95. The highest BCUT2D eigenvalue weighted by molar-refractivity contribution is 6.11. The van der Waals surface area contributed by atoms with Gasteiger partial charge >= 0.3 is 0 Å². The molecule has 9 aromatic carbocycles. The first-order valence-electron chi connectivity index (χ1n) is 20.3. The highest BCUT2D eigenvalue weighted by Crippen LogP contribution is 2.44. The molecule has 0 bridgehead atoms. The van der Waals surface area contributed by atoms with Crippen molar-refractivity contribution in [3.05, 3.63) is 230 Å². The molecule has 0 unspecified atom stereocenters. The summed E-state index contributed by atoms with van der Waals surface area (Å²) in [7, 11) is 1.79. The molecule has 0 aliphatic rings. The van der Waals surface area contributed by atoms with Crippen molar-refractivity contribution in [2.75, 3.05) is 11.9 Å². The third-order valence-corrected chi connectivity index (χ3v) is 11.3. The minimum atomic E-state index is 0.385. The van der Waals surface area contributed by atoms with Crippen molar-refractivity contribution in [3.63, 3.8) is 0 Å². The lowest BCUT2D eigenvalue weighted by Gasteiger charge is -2.28. The summed E-state index contributed by atoms with van der Waals surface area (Å²) in [6.45, 7) is 0. The molecule has 60 heavy (non-hydrogen) atoms. The van der Waals surface area contributed by atoms with E-state index in [2.05, 4.69) is 227 Å². The number of aromatic nitrogens is 1. The van der Waals surface area contributed by atoms with Crippen LogP contribution in [0, 0.1) is 5.41 Å². The van der Waals surface area contributed by atoms with E-state index in [1.54, 1.807) is 7.05 Å². The number of para-hydroxylation sites is 1. The van der Waals surface area contributed by atoms with Crippen LogP contribution < -0.4 is 10.2 Å². The molecule has 0 fully saturated rings. The van der Waals surface area contributed by atoms with Gasteiger partial charge in [-0.25, -0.2) is 0 Å². The smallest absolute Gasteiger partial charge is 0.125 e. The van der Waals surface area contributed by atoms with Gasteiger partial charge in [-0.2, -0.15) is 0 Å². The molecule has 1 aromatic heterocycles. The van der Waals surface area contributed by atoms with Crippen molar-refractivity contribution in [2.45, 2.75) is 0 Å². The van der Waals surface area contributed by atoms with Crippen LogP contribution in [0.15, 0.2) is 224 Å². The van der Waals surface area contributed by atoms with E-state index in [9.17, 15) is 0 Å². The third kappa shape index (κ3) is 6.91. The Kier molecular flexibility index (Phi) is 9.57. The number of nitrogens with one attached hydrogen (secondary N) is 2. The van der Waals surface area contributed by atoms with Gasteiger partial charge in [0.2, 0.25) is 0 Å². The number of nitrogens with zero attached hydrogens (tertiary/aromatic N) is 2. The van der Waals surface area contributed by atoms with Crippen LogP contribution in [0.4, 0.5) is 17.1 Å². The van der Waals surface area contributed by atoms with E-state index in [0.29, 0.717) is 5.84 Å². The first kappa shape index (κ1) is 36.4. The molecule has 0 saturated heterocycles. The maximum absolute atomic E-state index is 8.52. The molecule has 286 valence electrons. The molecular weight excluding hydrogens is 729 g/mol. The van der Waals surface area contributed by atoms with E-state index in [0.717, 1.165) is 94.6 Å². The number of hydrogen-bond acceptors (Lipinski definition) is 2. The number of benzene rings is 9. The van der Waals surface area contributed by atoms with Crippen LogP contribution in [0.2, 0.25) is 0 Å². The first-order valence-corrected chi connectivity index (χ1v) is 20.3. The van der Waals surface area contributed by atoms with E-state index >= 15 is 0 Å². The van der Waals surface area contributed by atoms with Crippen molar-refractivity contribution >= 4 is 44.7 Å². The molecule has 0 aliphatic carbocycles. The number of anilines is 3. The van der Waals surface area contributed by atoms with Crippen LogP contribution in [0.1, 0.15) is 5.56 Å². The summed E-state index contributed by atoms with van der Waals surface area (Å²) in [5, 5.41) is 13.8. The molecule has 0 atom stereocenters. The van der Waals surface area contributed by atoms with Crippen molar-refractivity contribution in [2.24, 2.45) is 0 Å². The fourth-order valence-corrected chi connectivity index (χ4v) is 8.44. The summed E-state index contributed by atoms with van der Waals surface area (Å²) in [4.78, 5) is 2.43. The van der Waals surface area contributed by atoms with Gasteiger partial charge in [0, 0.05) is 46.1 Å². The average molecular weight is 771 g/mol. The number of fused-ring (bicyclic) bond motifs is 3. The summed E-state index contributed by atoms with van der Waals surface area (Å²) < 4.78 is 2.32. The van der Waals surface area contributed by atoms with Crippen molar-refractivity contribution < 1.29 is 0 Å². The highest BCUT2D eigenvalue weighted by Gasteiger charge is 2.21. The van der Waals surface area contributed by atoms with Gasteiger partial charge in [0.25, 0.3) is 0 Å². The largest absolute Gasteiger partial charge is 0.373 e. The predicted octanol–water partition coefficient (Wildman–Crippen LogP) is 14.5. The molecule has 10 rings (SSSR count). The highest BCUT2D eigenvalue weighted by atomic mass is 15.1. The summed E-state index contributed by atoms with van der Waals surface area (Å²) in [5.74, 6) is 0.385. The molecule has 0 spiro atoms. The second kappa shape index (κ2) is 15.8. The van der Waals surface area contributed by atoms with Gasteiger partial charge in [-0.05, 0) is 117 Å². The molecule has 0 saturated carbocycles. The standard InChI is InChI=1S/C56H42N4/c1-58-56(57)43-25-16-26-48(33-43)60-54-28-15-14-27-52(54)53-38-49(29-30-55(53)60)59(50-34-44(39-17-6-2-7-18-39)31-45(35-50)40-19-8-3-9-20-40)51-36-46(41-21-10-4-11-22-41)32-47(37-51)42-23-12-5-13-24-42/h2-38H,1H3,(H2,57,58). The van der Waals surface area contributed by atoms with Crippen molar-refractivity contribution in [1.29, 1.82) is 5.41 Å². The SMILES string of the molecule is CNC(=N)c1cccc(-n2c3ccccc3c3cc(N(c4cc(-c5ccccc5)cc(-c5ccccc5)c4)c4cc(-c5ccccc5)cc(-c5ccccc5)c4)ccc32)c1. The molecule has 0 radical (unpaired) electrons. The molecular formula is C56H42N4. The molecule has 4 nitrogen and oxygen atoms in total. The van der Waals surface area contributed by atoms with E-state index in [1.165, 1.54) is 0 Å². The van der Waals surface area contributed by atoms with Gasteiger partial charge in [-0.1, -0.05) is 152 Å². The van der Waals surface area contributed by atoms with Gasteiger partial charge in [0.15, 0.2) is 0 Å². The van der Waals surface area contributed by atoms with Crippen LogP contribution in [0.25, 0.3) is 72.0 Å². The molecule has 4 heteroatoms.